The molecule has 2 rings (SSSR count). The fourth-order valence-corrected chi connectivity index (χ4v) is 2.17. The molecular formula is C16H15ClO3. The first-order valence-electron chi connectivity index (χ1n) is 6.24. The summed E-state index contributed by atoms with van der Waals surface area (Å²) < 4.78 is 5.70. The van der Waals surface area contributed by atoms with Crippen molar-refractivity contribution in [3.63, 3.8) is 0 Å². The quantitative estimate of drug-likeness (QED) is 0.909. The summed E-state index contributed by atoms with van der Waals surface area (Å²) >= 11 is 6.15. The van der Waals surface area contributed by atoms with Gasteiger partial charge in [-0.1, -0.05) is 41.9 Å². The molecule has 0 saturated carbocycles. The van der Waals surface area contributed by atoms with Gasteiger partial charge in [0.2, 0.25) is 0 Å². The van der Waals surface area contributed by atoms with Crippen LogP contribution in [0.2, 0.25) is 5.02 Å². The van der Waals surface area contributed by atoms with Gasteiger partial charge in [-0.2, -0.15) is 0 Å². The molecule has 0 aliphatic rings. The van der Waals surface area contributed by atoms with Crippen molar-refractivity contribution in [3.8, 4) is 5.75 Å². The average molecular weight is 291 g/mol. The summed E-state index contributed by atoms with van der Waals surface area (Å²) in [6.07, 6.45) is -0.0577. The number of para-hydroxylation sites is 1. The van der Waals surface area contributed by atoms with Gasteiger partial charge in [0.25, 0.3) is 0 Å². The Kier molecular flexibility index (Phi) is 4.64. The van der Waals surface area contributed by atoms with Crippen molar-refractivity contribution in [2.45, 2.75) is 20.0 Å². The van der Waals surface area contributed by atoms with Gasteiger partial charge in [0.05, 0.1) is 6.42 Å². The van der Waals surface area contributed by atoms with Crippen LogP contribution in [0.1, 0.15) is 16.7 Å². The zero-order valence-corrected chi connectivity index (χ0v) is 11.9. The van der Waals surface area contributed by atoms with Crippen molar-refractivity contribution in [1.29, 1.82) is 0 Å². The zero-order chi connectivity index (χ0) is 14.5. The lowest BCUT2D eigenvalue weighted by Gasteiger charge is -2.11. The third-order valence-corrected chi connectivity index (χ3v) is 3.26. The van der Waals surface area contributed by atoms with Gasteiger partial charge in [0.1, 0.15) is 12.4 Å². The Labute approximate surface area is 122 Å². The molecule has 0 unspecified atom stereocenters. The molecular weight excluding hydrogens is 276 g/mol. The Morgan fingerprint density at radius 2 is 1.95 bits per heavy atom. The highest BCUT2D eigenvalue weighted by Crippen LogP contribution is 2.23. The fourth-order valence-electron chi connectivity index (χ4n) is 1.88. The summed E-state index contributed by atoms with van der Waals surface area (Å²) in [6.45, 7) is 2.29. The van der Waals surface area contributed by atoms with Crippen molar-refractivity contribution < 1.29 is 14.6 Å². The molecule has 0 saturated heterocycles. The summed E-state index contributed by atoms with van der Waals surface area (Å²) in [4.78, 5) is 10.8. The second-order valence-electron chi connectivity index (χ2n) is 4.56. The van der Waals surface area contributed by atoms with E-state index in [1.807, 2.05) is 31.2 Å². The lowest BCUT2D eigenvalue weighted by Crippen LogP contribution is -2.04. The normalized spacial score (nSPS) is 10.3. The molecule has 0 fully saturated rings. The second kappa shape index (κ2) is 6.44. The Balaban J connectivity index is 2.12. The van der Waals surface area contributed by atoms with Crippen LogP contribution in [0.5, 0.6) is 5.75 Å². The number of ether oxygens (including phenoxy) is 1. The first kappa shape index (κ1) is 14.4. The smallest absolute Gasteiger partial charge is 0.307 e. The van der Waals surface area contributed by atoms with Gasteiger partial charge in [-0.25, -0.2) is 0 Å². The number of aliphatic carboxylic acids is 1. The SMILES string of the molecule is Cc1ccc(COc2ccccc2CC(=O)O)c(Cl)c1. The maximum Gasteiger partial charge on any atom is 0.307 e. The zero-order valence-electron chi connectivity index (χ0n) is 11.1. The van der Waals surface area contributed by atoms with Crippen LogP contribution in [-0.2, 0) is 17.8 Å². The van der Waals surface area contributed by atoms with E-state index < -0.39 is 5.97 Å². The molecule has 0 atom stereocenters. The van der Waals surface area contributed by atoms with Gasteiger partial charge in [-0.15, -0.1) is 0 Å². The number of hydrogen-bond donors (Lipinski definition) is 1. The van der Waals surface area contributed by atoms with Crippen LogP contribution in [0.4, 0.5) is 0 Å². The van der Waals surface area contributed by atoms with E-state index in [-0.39, 0.29) is 6.42 Å². The first-order valence-corrected chi connectivity index (χ1v) is 6.61. The van der Waals surface area contributed by atoms with Crippen molar-refractivity contribution in [2.24, 2.45) is 0 Å². The third kappa shape index (κ3) is 3.75. The minimum atomic E-state index is -0.880. The molecule has 0 aliphatic carbocycles. The molecule has 0 radical (unpaired) electrons. The van der Waals surface area contributed by atoms with Gasteiger partial charge >= 0.3 is 5.97 Å². The maximum atomic E-state index is 10.8. The lowest BCUT2D eigenvalue weighted by atomic mass is 10.1. The van der Waals surface area contributed by atoms with Crippen LogP contribution in [0.15, 0.2) is 42.5 Å². The third-order valence-electron chi connectivity index (χ3n) is 2.91. The molecule has 104 valence electrons. The first-order chi connectivity index (χ1) is 9.56. The van der Waals surface area contributed by atoms with E-state index in [0.29, 0.717) is 22.9 Å². The van der Waals surface area contributed by atoms with E-state index in [1.54, 1.807) is 18.2 Å². The predicted molar refractivity (Wildman–Crippen MR) is 78.3 cm³/mol. The van der Waals surface area contributed by atoms with Crippen LogP contribution in [0.25, 0.3) is 0 Å². The Morgan fingerprint density at radius 3 is 2.65 bits per heavy atom. The largest absolute Gasteiger partial charge is 0.489 e. The standard InChI is InChI=1S/C16H15ClO3/c1-11-6-7-13(14(17)8-11)10-20-15-5-3-2-4-12(15)9-16(18)19/h2-8H,9-10H2,1H3,(H,18,19). The van der Waals surface area contributed by atoms with Crippen LogP contribution in [-0.4, -0.2) is 11.1 Å². The molecule has 1 N–H and O–H groups in total. The molecule has 4 heteroatoms. The number of benzene rings is 2. The molecule has 20 heavy (non-hydrogen) atoms. The minimum absolute atomic E-state index is 0.0577. The average Bonchev–Trinajstić information content (AvgIpc) is 2.39. The van der Waals surface area contributed by atoms with Crippen LogP contribution in [0, 0.1) is 6.92 Å². The van der Waals surface area contributed by atoms with E-state index >= 15 is 0 Å². The predicted octanol–water partition coefficient (Wildman–Crippen LogP) is 3.85. The van der Waals surface area contributed by atoms with E-state index in [1.165, 1.54) is 0 Å². The number of carbonyl (C=O) groups is 1. The topological polar surface area (TPSA) is 46.5 Å². The fraction of sp³-hybridized carbons (Fsp3) is 0.188. The summed E-state index contributed by atoms with van der Waals surface area (Å²) in [6, 6.07) is 12.9. The summed E-state index contributed by atoms with van der Waals surface area (Å²) in [5, 5.41) is 9.53. The molecule has 2 aromatic carbocycles. The van der Waals surface area contributed by atoms with Crippen molar-refractivity contribution in [3.05, 3.63) is 64.2 Å². The highest BCUT2D eigenvalue weighted by molar-refractivity contribution is 6.31. The summed E-state index contributed by atoms with van der Waals surface area (Å²) in [7, 11) is 0. The molecule has 0 aromatic heterocycles. The van der Waals surface area contributed by atoms with Gasteiger partial charge in [-0.3, -0.25) is 4.79 Å². The number of hydrogen-bond acceptors (Lipinski definition) is 2. The number of aryl methyl sites for hydroxylation is 1. The lowest BCUT2D eigenvalue weighted by molar-refractivity contribution is -0.136. The van der Waals surface area contributed by atoms with Crippen molar-refractivity contribution >= 4 is 17.6 Å². The Morgan fingerprint density at radius 1 is 1.20 bits per heavy atom. The number of carboxylic acids is 1. The Hall–Kier alpha value is -2.00. The highest BCUT2D eigenvalue weighted by atomic mass is 35.5. The van der Waals surface area contributed by atoms with Crippen molar-refractivity contribution in [2.75, 3.05) is 0 Å². The van der Waals surface area contributed by atoms with E-state index in [4.69, 9.17) is 21.4 Å². The van der Waals surface area contributed by atoms with E-state index in [9.17, 15) is 4.79 Å². The van der Waals surface area contributed by atoms with Gasteiger partial charge < -0.3 is 9.84 Å². The van der Waals surface area contributed by atoms with Crippen LogP contribution < -0.4 is 4.74 Å². The molecule has 2 aromatic rings. The van der Waals surface area contributed by atoms with Gasteiger partial charge in [0.15, 0.2) is 0 Å². The minimum Gasteiger partial charge on any atom is -0.489 e. The number of halogens is 1. The van der Waals surface area contributed by atoms with E-state index in [2.05, 4.69) is 0 Å². The number of carboxylic acid groups (broad SMARTS) is 1. The van der Waals surface area contributed by atoms with E-state index in [0.717, 1.165) is 11.1 Å². The molecule has 0 heterocycles. The molecule has 0 spiro atoms. The second-order valence-corrected chi connectivity index (χ2v) is 4.97. The summed E-state index contributed by atoms with van der Waals surface area (Å²) in [5.74, 6) is -0.305. The van der Waals surface area contributed by atoms with Crippen LogP contribution in [0.3, 0.4) is 0 Å². The molecule has 3 nitrogen and oxygen atoms in total. The van der Waals surface area contributed by atoms with Gasteiger partial charge in [0, 0.05) is 16.1 Å². The highest BCUT2D eigenvalue weighted by Gasteiger charge is 2.08. The maximum absolute atomic E-state index is 10.8. The molecule has 0 amide bonds. The van der Waals surface area contributed by atoms with Gasteiger partial charge in [-0.05, 0) is 24.6 Å². The Bertz CT molecular complexity index is 623. The van der Waals surface area contributed by atoms with Crippen molar-refractivity contribution in [1.82, 2.24) is 0 Å². The molecule has 0 bridgehead atoms. The van der Waals surface area contributed by atoms with Crippen LogP contribution >= 0.6 is 11.6 Å². The number of rotatable bonds is 5. The summed E-state index contributed by atoms with van der Waals surface area (Å²) in [5.41, 5.74) is 2.62. The monoisotopic (exact) mass is 290 g/mol. The molecule has 0 aliphatic heterocycles.